The van der Waals surface area contributed by atoms with E-state index in [2.05, 4.69) is 22.0 Å². The fraction of sp³-hybridized carbons (Fsp3) is 0.185. The lowest BCUT2D eigenvalue weighted by atomic mass is 10.00. The number of nitrogens with two attached hydrogens (primary N) is 1. The van der Waals surface area contributed by atoms with Gasteiger partial charge in [0, 0.05) is 41.7 Å². The molecule has 1 aliphatic heterocycles. The highest BCUT2D eigenvalue weighted by Gasteiger charge is 2.19. The minimum Gasteiger partial charge on any atom is -0.494 e. The predicted octanol–water partition coefficient (Wildman–Crippen LogP) is 3.97. The monoisotopic (exact) mass is 454 g/mol. The first-order chi connectivity index (χ1) is 16.6. The largest absolute Gasteiger partial charge is 0.494 e. The molecule has 3 aromatic carbocycles. The first kappa shape index (κ1) is 21.9. The van der Waals surface area contributed by atoms with Gasteiger partial charge in [-0.2, -0.15) is 0 Å². The molecule has 0 spiro atoms. The molecule has 1 fully saturated rings. The summed E-state index contributed by atoms with van der Waals surface area (Å²) < 4.78 is 5.43. The number of carbonyl (C=O) groups excluding carboxylic acids is 1. The van der Waals surface area contributed by atoms with Crippen molar-refractivity contribution >= 4 is 28.2 Å². The zero-order valence-electron chi connectivity index (χ0n) is 18.7. The molecule has 0 saturated carbocycles. The van der Waals surface area contributed by atoms with E-state index in [4.69, 9.17) is 15.5 Å². The van der Waals surface area contributed by atoms with Gasteiger partial charge in [-0.3, -0.25) is 9.69 Å². The van der Waals surface area contributed by atoms with Crippen LogP contribution in [-0.4, -0.2) is 52.9 Å². The van der Waals surface area contributed by atoms with Crippen LogP contribution in [-0.2, 0) is 11.3 Å². The Balaban J connectivity index is 1.54. The van der Waals surface area contributed by atoms with E-state index in [-0.39, 0.29) is 5.88 Å². The normalized spacial score (nSPS) is 15.0. The van der Waals surface area contributed by atoms with Crippen LogP contribution in [0, 0.1) is 0 Å². The molecule has 4 N–H and O–H groups in total. The van der Waals surface area contributed by atoms with Gasteiger partial charge in [-0.05, 0) is 29.8 Å². The van der Waals surface area contributed by atoms with Gasteiger partial charge in [-0.25, -0.2) is 4.99 Å². The van der Waals surface area contributed by atoms with Crippen molar-refractivity contribution in [3.05, 3.63) is 95.1 Å². The Labute approximate surface area is 197 Å². The maximum atomic E-state index is 11.6. The number of hydrogen-bond acceptors (Lipinski definition) is 5. The average molecular weight is 455 g/mol. The molecule has 0 atom stereocenters. The van der Waals surface area contributed by atoms with Crippen LogP contribution in [0.3, 0.4) is 0 Å². The summed E-state index contributed by atoms with van der Waals surface area (Å²) >= 11 is 0. The van der Waals surface area contributed by atoms with Crippen LogP contribution in [0.5, 0.6) is 5.88 Å². The summed E-state index contributed by atoms with van der Waals surface area (Å²) in [5, 5.41) is 11.6. The lowest BCUT2D eigenvalue weighted by molar-refractivity contribution is 0.0342. The van der Waals surface area contributed by atoms with Crippen LogP contribution >= 0.6 is 0 Å². The fourth-order valence-electron chi connectivity index (χ4n) is 4.26. The molecule has 1 saturated heterocycles. The molecule has 34 heavy (non-hydrogen) atoms. The summed E-state index contributed by atoms with van der Waals surface area (Å²) in [4.78, 5) is 21.9. The molecule has 0 radical (unpaired) electrons. The number of morpholine rings is 1. The summed E-state index contributed by atoms with van der Waals surface area (Å²) in [6.07, 6.45) is 0. The second-order valence-corrected chi connectivity index (χ2v) is 8.35. The average Bonchev–Trinajstić information content (AvgIpc) is 3.19. The maximum absolute atomic E-state index is 11.6. The number of H-pyrrole nitrogens is 1. The molecule has 0 aliphatic carbocycles. The number of ether oxygens (including phenoxy) is 1. The van der Waals surface area contributed by atoms with Crippen molar-refractivity contribution in [1.82, 2.24) is 9.88 Å². The van der Waals surface area contributed by atoms with Crippen LogP contribution in [0.4, 0.5) is 5.69 Å². The smallest absolute Gasteiger partial charge is 0.248 e. The number of hydrogen-bond donors (Lipinski definition) is 3. The number of nitrogens with one attached hydrogen (secondary N) is 1. The van der Waals surface area contributed by atoms with Crippen LogP contribution in [0.15, 0.2) is 77.8 Å². The molecule has 1 amide bonds. The number of rotatable bonds is 6. The number of primary amides is 1. The highest BCUT2D eigenvalue weighted by atomic mass is 16.5. The Morgan fingerprint density at radius 2 is 1.74 bits per heavy atom. The molecule has 2 heterocycles. The molecule has 7 heteroatoms. The van der Waals surface area contributed by atoms with E-state index in [1.54, 1.807) is 18.2 Å². The zero-order chi connectivity index (χ0) is 23.5. The molecule has 0 bridgehead atoms. The SMILES string of the molecule is NC(=O)c1ccc2c(C(=Nc3ccc(CN4CCOCC4)cc3)c3ccccc3)c(O)[nH]c2c1. The first-order valence-corrected chi connectivity index (χ1v) is 11.3. The van der Waals surface area contributed by atoms with Crippen LogP contribution < -0.4 is 5.73 Å². The first-order valence-electron chi connectivity index (χ1n) is 11.3. The van der Waals surface area contributed by atoms with Crippen molar-refractivity contribution < 1.29 is 14.6 Å². The van der Waals surface area contributed by atoms with Gasteiger partial charge in [0.05, 0.1) is 30.2 Å². The van der Waals surface area contributed by atoms with Gasteiger partial charge in [0.2, 0.25) is 5.91 Å². The Bertz CT molecular complexity index is 1340. The Morgan fingerprint density at radius 1 is 1.00 bits per heavy atom. The van der Waals surface area contributed by atoms with Gasteiger partial charge in [0.25, 0.3) is 0 Å². The fourth-order valence-corrected chi connectivity index (χ4v) is 4.26. The summed E-state index contributed by atoms with van der Waals surface area (Å²) in [6, 6.07) is 23.0. The Hall–Kier alpha value is -3.94. The molecule has 5 rings (SSSR count). The van der Waals surface area contributed by atoms with Crippen LogP contribution in [0.1, 0.15) is 27.0 Å². The van der Waals surface area contributed by atoms with Crippen molar-refractivity contribution in [2.24, 2.45) is 10.7 Å². The van der Waals surface area contributed by atoms with E-state index in [0.717, 1.165) is 49.5 Å². The summed E-state index contributed by atoms with van der Waals surface area (Å²) in [6.45, 7) is 4.31. The Kier molecular flexibility index (Phi) is 6.12. The number of benzene rings is 3. The molecule has 7 nitrogen and oxygen atoms in total. The topological polar surface area (TPSA) is 104 Å². The number of carbonyl (C=O) groups is 1. The van der Waals surface area contributed by atoms with Gasteiger partial charge >= 0.3 is 0 Å². The van der Waals surface area contributed by atoms with Crippen molar-refractivity contribution in [3.8, 4) is 5.88 Å². The lowest BCUT2D eigenvalue weighted by Gasteiger charge is -2.26. The summed E-state index contributed by atoms with van der Waals surface area (Å²) in [5.41, 5.74) is 10.5. The van der Waals surface area contributed by atoms with Crippen molar-refractivity contribution in [2.45, 2.75) is 6.54 Å². The number of aromatic nitrogens is 1. The highest BCUT2D eigenvalue weighted by Crippen LogP contribution is 2.32. The van der Waals surface area contributed by atoms with Crippen molar-refractivity contribution in [2.75, 3.05) is 26.3 Å². The Morgan fingerprint density at radius 3 is 2.44 bits per heavy atom. The zero-order valence-corrected chi connectivity index (χ0v) is 18.7. The third kappa shape index (κ3) is 4.57. The predicted molar refractivity (Wildman–Crippen MR) is 133 cm³/mol. The van der Waals surface area contributed by atoms with Crippen molar-refractivity contribution in [1.29, 1.82) is 0 Å². The molecule has 1 aromatic heterocycles. The van der Waals surface area contributed by atoms with Gasteiger partial charge in [-0.1, -0.05) is 48.5 Å². The summed E-state index contributed by atoms with van der Waals surface area (Å²) in [5.74, 6) is -0.533. The minimum absolute atomic E-state index is 0.0110. The standard InChI is InChI=1S/C27H26N4O3/c28-26(32)20-8-11-22-23(16-20)30-27(33)24(22)25(19-4-2-1-3-5-19)29-21-9-6-18(7-10-21)17-31-12-14-34-15-13-31/h1-11,16,30,33H,12-15,17H2,(H2,28,32). The van der Waals surface area contributed by atoms with Crippen molar-refractivity contribution in [3.63, 3.8) is 0 Å². The molecule has 0 unspecified atom stereocenters. The van der Waals surface area contributed by atoms with Gasteiger partial charge in [-0.15, -0.1) is 0 Å². The molecule has 4 aromatic rings. The van der Waals surface area contributed by atoms with E-state index in [9.17, 15) is 9.90 Å². The highest BCUT2D eigenvalue weighted by molar-refractivity contribution is 6.22. The number of aliphatic imine (C=N–C) groups is 1. The number of amides is 1. The number of nitrogens with zero attached hydrogens (tertiary/aromatic N) is 2. The van der Waals surface area contributed by atoms with Gasteiger partial charge < -0.3 is 20.6 Å². The minimum atomic E-state index is -0.522. The van der Waals surface area contributed by atoms with E-state index < -0.39 is 5.91 Å². The number of aromatic hydroxyl groups is 1. The number of aromatic amines is 1. The van der Waals surface area contributed by atoms with Crippen LogP contribution in [0.25, 0.3) is 10.9 Å². The van der Waals surface area contributed by atoms with Gasteiger partial charge in [0.1, 0.15) is 0 Å². The second-order valence-electron chi connectivity index (χ2n) is 8.35. The van der Waals surface area contributed by atoms with E-state index in [0.29, 0.717) is 22.4 Å². The quantitative estimate of drug-likeness (QED) is 0.384. The molecule has 1 aliphatic rings. The van der Waals surface area contributed by atoms with E-state index >= 15 is 0 Å². The van der Waals surface area contributed by atoms with Gasteiger partial charge in [0.15, 0.2) is 5.88 Å². The molecular weight excluding hydrogens is 428 g/mol. The van der Waals surface area contributed by atoms with E-state index in [1.165, 1.54) is 5.56 Å². The van der Waals surface area contributed by atoms with E-state index in [1.807, 2.05) is 42.5 Å². The lowest BCUT2D eigenvalue weighted by Crippen LogP contribution is -2.35. The third-order valence-corrected chi connectivity index (χ3v) is 6.03. The molecule has 172 valence electrons. The maximum Gasteiger partial charge on any atom is 0.248 e. The summed E-state index contributed by atoms with van der Waals surface area (Å²) in [7, 11) is 0. The number of fused-ring (bicyclic) bond motifs is 1. The van der Waals surface area contributed by atoms with Crippen LogP contribution in [0.2, 0.25) is 0 Å². The molecular formula is C27H26N4O3. The second kappa shape index (κ2) is 9.51. The third-order valence-electron chi connectivity index (χ3n) is 6.03.